The number of rotatable bonds is 10. The number of aromatic nitrogens is 2. The van der Waals surface area contributed by atoms with Crippen LogP contribution in [0.15, 0.2) is 66.7 Å². The van der Waals surface area contributed by atoms with Crippen LogP contribution in [0, 0.1) is 0 Å². The number of hydrogen-bond acceptors (Lipinski definition) is 7. The Morgan fingerprint density at radius 1 is 0.872 bits per heavy atom. The standard InChI is InChI=1S/C30H29N3O6/c1-2-3-13-33-28(22-7-5-4-6-8-22)31-27(30(34)35)29(33)32(16-20-9-11-23-25(14-20)38-18-36-23)17-21-10-12-24-26(15-21)39-19-37-24/h4-12,14-15H,2-3,13,16-19H2,1H3,(H,34,35). The Kier molecular flexibility index (Phi) is 6.71. The van der Waals surface area contributed by atoms with Gasteiger partial charge in [0.2, 0.25) is 13.6 Å². The van der Waals surface area contributed by atoms with Crippen molar-refractivity contribution in [1.29, 1.82) is 0 Å². The van der Waals surface area contributed by atoms with E-state index in [0.717, 1.165) is 29.5 Å². The lowest BCUT2D eigenvalue weighted by Crippen LogP contribution is -2.27. The summed E-state index contributed by atoms with van der Waals surface area (Å²) >= 11 is 0. The van der Waals surface area contributed by atoms with Gasteiger partial charge in [-0.1, -0.05) is 55.8 Å². The molecule has 0 atom stereocenters. The Bertz CT molecular complexity index is 1440. The summed E-state index contributed by atoms with van der Waals surface area (Å²) in [5, 5.41) is 10.3. The summed E-state index contributed by atoms with van der Waals surface area (Å²) < 4.78 is 24.3. The van der Waals surface area contributed by atoms with Gasteiger partial charge >= 0.3 is 5.97 Å². The molecule has 39 heavy (non-hydrogen) atoms. The van der Waals surface area contributed by atoms with Crippen molar-refractivity contribution in [1.82, 2.24) is 9.55 Å². The van der Waals surface area contributed by atoms with Gasteiger partial charge in [-0.15, -0.1) is 0 Å². The number of imidazole rings is 1. The molecule has 4 aromatic rings. The highest BCUT2D eigenvalue weighted by atomic mass is 16.7. The van der Waals surface area contributed by atoms with Gasteiger partial charge in [0.15, 0.2) is 28.7 Å². The first-order valence-electron chi connectivity index (χ1n) is 13.0. The molecule has 2 aliphatic rings. The maximum Gasteiger partial charge on any atom is 0.358 e. The molecule has 6 rings (SSSR count). The van der Waals surface area contributed by atoms with Gasteiger partial charge in [-0.3, -0.25) is 0 Å². The minimum Gasteiger partial charge on any atom is -0.476 e. The van der Waals surface area contributed by atoms with Crippen LogP contribution in [0.5, 0.6) is 23.0 Å². The minimum absolute atomic E-state index is 0.0199. The molecule has 2 aliphatic heterocycles. The molecule has 0 fully saturated rings. The lowest BCUT2D eigenvalue weighted by Gasteiger charge is -2.27. The second-order valence-electron chi connectivity index (χ2n) is 9.52. The summed E-state index contributed by atoms with van der Waals surface area (Å²) in [6.07, 6.45) is 1.84. The summed E-state index contributed by atoms with van der Waals surface area (Å²) in [6, 6.07) is 21.3. The Balaban J connectivity index is 1.47. The predicted molar refractivity (Wildman–Crippen MR) is 145 cm³/mol. The van der Waals surface area contributed by atoms with Crippen LogP contribution >= 0.6 is 0 Å². The molecule has 0 amide bonds. The molecule has 0 unspecified atom stereocenters. The normalized spacial score (nSPS) is 13.1. The van der Waals surface area contributed by atoms with Crippen molar-refractivity contribution in [2.45, 2.75) is 39.4 Å². The first-order valence-corrected chi connectivity index (χ1v) is 13.0. The Labute approximate surface area is 226 Å². The van der Waals surface area contributed by atoms with E-state index in [4.69, 9.17) is 18.9 Å². The second kappa shape index (κ2) is 10.6. The van der Waals surface area contributed by atoms with Crippen molar-refractivity contribution >= 4 is 11.8 Å². The van der Waals surface area contributed by atoms with Gasteiger partial charge in [-0.05, 0) is 41.8 Å². The first kappa shape index (κ1) is 24.7. The van der Waals surface area contributed by atoms with Gasteiger partial charge < -0.3 is 33.5 Å². The number of ether oxygens (including phenoxy) is 4. The zero-order chi connectivity index (χ0) is 26.8. The van der Waals surface area contributed by atoms with E-state index in [9.17, 15) is 9.90 Å². The smallest absolute Gasteiger partial charge is 0.358 e. The third-order valence-corrected chi connectivity index (χ3v) is 6.83. The molecule has 9 heteroatoms. The number of nitrogens with zero attached hydrogens (tertiary/aromatic N) is 3. The quantitative estimate of drug-likeness (QED) is 0.280. The molecule has 9 nitrogen and oxygen atoms in total. The molecule has 0 saturated heterocycles. The fraction of sp³-hybridized carbons (Fsp3) is 0.267. The molecule has 0 radical (unpaired) electrons. The fourth-order valence-electron chi connectivity index (χ4n) is 4.97. The Morgan fingerprint density at radius 2 is 1.46 bits per heavy atom. The number of fused-ring (bicyclic) bond motifs is 2. The molecule has 0 spiro atoms. The number of hydrogen-bond donors (Lipinski definition) is 1. The minimum atomic E-state index is -1.07. The third-order valence-electron chi connectivity index (χ3n) is 6.83. The lowest BCUT2D eigenvalue weighted by atomic mass is 10.1. The van der Waals surface area contributed by atoms with Gasteiger partial charge in [-0.25, -0.2) is 9.78 Å². The van der Waals surface area contributed by atoms with Crippen LogP contribution in [-0.2, 0) is 19.6 Å². The Morgan fingerprint density at radius 3 is 2.03 bits per heavy atom. The van der Waals surface area contributed by atoms with E-state index in [-0.39, 0.29) is 19.3 Å². The van der Waals surface area contributed by atoms with Crippen molar-refractivity contribution in [3.63, 3.8) is 0 Å². The number of aromatic carboxylic acids is 1. The van der Waals surface area contributed by atoms with Gasteiger partial charge in [0, 0.05) is 25.2 Å². The van der Waals surface area contributed by atoms with E-state index in [1.807, 2.05) is 71.3 Å². The molecule has 3 heterocycles. The van der Waals surface area contributed by atoms with E-state index in [1.54, 1.807) is 0 Å². The maximum atomic E-state index is 12.6. The summed E-state index contributed by atoms with van der Waals surface area (Å²) in [5.41, 5.74) is 2.81. The molecule has 0 saturated carbocycles. The molecule has 200 valence electrons. The van der Waals surface area contributed by atoms with Crippen LogP contribution in [0.4, 0.5) is 5.82 Å². The number of anilines is 1. The summed E-state index contributed by atoms with van der Waals surface area (Å²) in [5.74, 6) is 2.89. The van der Waals surface area contributed by atoms with Crippen LogP contribution in [0.2, 0.25) is 0 Å². The van der Waals surface area contributed by atoms with E-state index >= 15 is 0 Å². The molecular formula is C30H29N3O6. The monoisotopic (exact) mass is 527 g/mol. The highest BCUT2D eigenvalue weighted by Gasteiger charge is 2.28. The summed E-state index contributed by atoms with van der Waals surface area (Å²) in [4.78, 5) is 19.4. The SMILES string of the molecule is CCCCn1c(-c2ccccc2)nc(C(=O)O)c1N(Cc1ccc2c(c1)OCO2)Cc1ccc2c(c1)OCO2. The van der Waals surface area contributed by atoms with Crippen molar-refractivity contribution in [2.24, 2.45) is 0 Å². The third kappa shape index (κ3) is 4.95. The van der Waals surface area contributed by atoms with E-state index in [1.165, 1.54) is 0 Å². The zero-order valence-electron chi connectivity index (χ0n) is 21.6. The molecule has 3 aromatic carbocycles. The molecule has 0 aliphatic carbocycles. The average Bonchev–Trinajstić information content (AvgIpc) is 3.70. The molecule has 1 N–H and O–H groups in total. The highest BCUT2D eigenvalue weighted by Crippen LogP contribution is 2.37. The molecule has 0 bridgehead atoms. The van der Waals surface area contributed by atoms with Crippen molar-refractivity contribution in [2.75, 3.05) is 18.5 Å². The average molecular weight is 528 g/mol. The number of benzene rings is 3. The lowest BCUT2D eigenvalue weighted by molar-refractivity contribution is 0.0691. The van der Waals surface area contributed by atoms with E-state index in [2.05, 4.69) is 16.8 Å². The van der Waals surface area contributed by atoms with Crippen LogP contribution in [-0.4, -0.2) is 34.2 Å². The highest BCUT2D eigenvalue weighted by molar-refractivity contribution is 5.93. The number of carboxylic acids is 1. The van der Waals surface area contributed by atoms with Crippen molar-refractivity contribution in [3.8, 4) is 34.4 Å². The van der Waals surface area contributed by atoms with Gasteiger partial charge in [0.05, 0.1) is 0 Å². The van der Waals surface area contributed by atoms with Gasteiger partial charge in [0.25, 0.3) is 0 Å². The second-order valence-corrected chi connectivity index (χ2v) is 9.52. The zero-order valence-corrected chi connectivity index (χ0v) is 21.6. The summed E-state index contributed by atoms with van der Waals surface area (Å²) in [6.45, 7) is 3.98. The number of carbonyl (C=O) groups is 1. The van der Waals surface area contributed by atoms with E-state index < -0.39 is 5.97 Å². The number of unbranched alkanes of at least 4 members (excludes halogenated alkanes) is 1. The Hall–Kier alpha value is -4.66. The summed E-state index contributed by atoms with van der Waals surface area (Å²) in [7, 11) is 0. The van der Waals surface area contributed by atoms with Crippen LogP contribution in [0.3, 0.4) is 0 Å². The fourth-order valence-corrected chi connectivity index (χ4v) is 4.97. The van der Waals surface area contributed by atoms with Crippen LogP contribution < -0.4 is 23.8 Å². The maximum absolute atomic E-state index is 12.6. The van der Waals surface area contributed by atoms with Crippen molar-refractivity contribution < 1.29 is 28.8 Å². The van der Waals surface area contributed by atoms with Gasteiger partial charge in [0.1, 0.15) is 11.6 Å². The van der Waals surface area contributed by atoms with Crippen molar-refractivity contribution in [3.05, 3.63) is 83.6 Å². The molecule has 1 aromatic heterocycles. The predicted octanol–water partition coefficient (Wildman–Crippen LogP) is 5.71. The number of carboxylic acid groups (broad SMARTS) is 1. The molecular weight excluding hydrogens is 498 g/mol. The largest absolute Gasteiger partial charge is 0.476 e. The topological polar surface area (TPSA) is 95.3 Å². The van der Waals surface area contributed by atoms with Crippen LogP contribution in [0.1, 0.15) is 41.4 Å². The van der Waals surface area contributed by atoms with E-state index in [0.29, 0.717) is 54.3 Å². The first-order chi connectivity index (χ1) is 19.1. The van der Waals surface area contributed by atoms with Gasteiger partial charge in [-0.2, -0.15) is 0 Å². The van der Waals surface area contributed by atoms with Crippen LogP contribution in [0.25, 0.3) is 11.4 Å².